The number of pyridine rings is 8. The molecule has 8 nitrogen and oxygen atoms in total. The third kappa shape index (κ3) is 31.5. The number of nitrogens with zero attached hydrogens (tertiary/aromatic N) is 8. The Morgan fingerprint density at radius 1 is 0.172 bits per heavy atom. The van der Waals surface area contributed by atoms with Crippen molar-refractivity contribution in [1.29, 1.82) is 0 Å². The van der Waals surface area contributed by atoms with Crippen LogP contribution >= 0.6 is 0 Å². The molecule has 0 fully saturated rings. The Kier molecular flexibility index (Phi) is 41.7. The number of aromatic nitrogens is 8. The monoisotopic (exact) mass is 2360 g/mol. The van der Waals surface area contributed by atoms with Crippen LogP contribution in [0.5, 0.6) is 0 Å². The Labute approximate surface area is 808 Å². The van der Waals surface area contributed by atoms with E-state index < -0.39 is 0 Å². The predicted molar refractivity (Wildman–Crippen MR) is 509 cm³/mol. The van der Waals surface area contributed by atoms with E-state index in [1.54, 1.807) is 18.6 Å². The van der Waals surface area contributed by atoms with Gasteiger partial charge in [-0.1, -0.05) is 251 Å². The van der Waals surface area contributed by atoms with Crippen LogP contribution in [-0.4, -0.2) is 39.9 Å². The summed E-state index contributed by atoms with van der Waals surface area (Å²) in [5, 5.41) is 0. The number of aryl methyl sites for hydroxylation is 4. The smallest absolute Gasteiger partial charge is 0.0266 e. The molecule has 0 spiro atoms. The minimum Gasteiger partial charge on any atom is -0.305 e. The summed E-state index contributed by atoms with van der Waals surface area (Å²) >= 11 is 0. The van der Waals surface area contributed by atoms with Gasteiger partial charge in [-0.25, -0.2) is 0 Å². The Morgan fingerprint density at radius 3 is 0.688 bits per heavy atom. The zero-order valence-electron chi connectivity index (χ0n) is 70.8. The van der Waals surface area contributed by atoms with Crippen LogP contribution in [0.3, 0.4) is 0 Å². The summed E-state index contributed by atoms with van der Waals surface area (Å²) in [6.07, 6.45) is 11.0. The zero-order chi connectivity index (χ0) is 85.2. The maximum atomic E-state index is 4.49. The van der Waals surface area contributed by atoms with E-state index in [4.69, 9.17) is 0 Å². The fraction of sp³-hybridized carbons (Fsp3) is 0.0345. The van der Waals surface area contributed by atoms with Gasteiger partial charge >= 0.3 is 0 Å². The molecule has 12 heteroatoms. The van der Waals surface area contributed by atoms with E-state index in [-0.39, 0.29) is 80.4 Å². The molecule has 0 aliphatic heterocycles. The Bertz CT molecular complexity index is 5830. The molecule has 0 amide bonds. The maximum absolute atomic E-state index is 4.49. The van der Waals surface area contributed by atoms with E-state index in [0.717, 1.165) is 107 Å². The second-order valence-electron chi connectivity index (χ2n) is 28.2. The first-order valence-corrected chi connectivity index (χ1v) is 40.7. The zero-order valence-corrected chi connectivity index (χ0v) is 80.4. The van der Waals surface area contributed by atoms with Gasteiger partial charge in [-0.05, 0) is 127 Å². The molecule has 0 atom stereocenters. The first-order valence-electron chi connectivity index (χ1n) is 40.7. The second-order valence-corrected chi connectivity index (χ2v) is 28.2. The van der Waals surface area contributed by atoms with Gasteiger partial charge in [0.15, 0.2) is 0 Å². The average molecular weight is 2360 g/mol. The van der Waals surface area contributed by atoms with Gasteiger partial charge in [0, 0.05) is 129 Å². The van der Waals surface area contributed by atoms with Crippen molar-refractivity contribution in [3.8, 4) is 135 Å². The molecule has 12 aromatic carbocycles. The molecule has 20 rings (SSSR count). The second kappa shape index (κ2) is 54.4. The quantitative estimate of drug-likeness (QED) is 0.111. The van der Waals surface area contributed by atoms with Gasteiger partial charge in [0.1, 0.15) is 0 Å². The minimum absolute atomic E-state index is 0. The normalized spacial score (nSPS) is 9.78. The molecular formula is C116H88Ir4N8-8. The molecule has 4 radical (unpaired) electrons. The van der Waals surface area contributed by atoms with Crippen molar-refractivity contribution in [2.24, 2.45) is 0 Å². The van der Waals surface area contributed by atoms with Gasteiger partial charge in [0.05, 0.1) is 0 Å². The summed E-state index contributed by atoms with van der Waals surface area (Å²) in [5.41, 5.74) is 30.0. The van der Waals surface area contributed by atoms with Crippen LogP contribution in [0, 0.1) is 76.2 Å². The molecule has 128 heavy (non-hydrogen) atoms. The summed E-state index contributed by atoms with van der Waals surface area (Å²) in [5.74, 6) is 0. The summed E-state index contributed by atoms with van der Waals surface area (Å²) in [4.78, 5) is 34.8. The molecule has 8 heterocycles. The summed E-state index contributed by atoms with van der Waals surface area (Å²) in [7, 11) is 0. The molecule has 0 unspecified atom stereocenters. The molecule has 0 aliphatic carbocycles. The summed E-state index contributed by atoms with van der Waals surface area (Å²) in [6.45, 7) is 8.13. The van der Waals surface area contributed by atoms with Crippen molar-refractivity contribution >= 4 is 0 Å². The van der Waals surface area contributed by atoms with E-state index in [1.165, 1.54) is 50.1 Å². The van der Waals surface area contributed by atoms with Crippen molar-refractivity contribution in [2.45, 2.75) is 27.7 Å². The van der Waals surface area contributed by atoms with Gasteiger partial charge in [0.25, 0.3) is 0 Å². The molecule has 8 aromatic heterocycles. The van der Waals surface area contributed by atoms with Crippen LogP contribution < -0.4 is 0 Å². The average Bonchev–Trinajstić information content (AvgIpc) is 0.843. The van der Waals surface area contributed by atoms with Crippen molar-refractivity contribution in [1.82, 2.24) is 39.9 Å². The van der Waals surface area contributed by atoms with Crippen LogP contribution in [0.4, 0.5) is 0 Å². The molecule has 0 N–H and O–H groups in total. The van der Waals surface area contributed by atoms with E-state index in [0.29, 0.717) is 0 Å². The molecule has 20 aromatic rings. The van der Waals surface area contributed by atoms with Crippen LogP contribution in [0.1, 0.15) is 22.5 Å². The van der Waals surface area contributed by atoms with Crippen LogP contribution in [0.2, 0.25) is 0 Å². The van der Waals surface area contributed by atoms with Gasteiger partial charge < -0.3 is 39.9 Å². The largest absolute Gasteiger partial charge is 0.305 e. The number of benzene rings is 12. The van der Waals surface area contributed by atoms with Crippen molar-refractivity contribution < 1.29 is 80.4 Å². The first-order chi connectivity index (χ1) is 61.2. The SMILES string of the molecule is Cc1cccc(-c2[c-]cccc2)n1.Cc1cccc(-c2[c-]cccc2)n1.Cc1ccnc(-c2[c-]cc(-c3ccccc3)cc2)c1.Cc1ccnc(-c2[c-]cc(-c3ccccc3)cc2)c1.[Ir].[Ir].[Ir].[Ir].[c-]1cc(-c2ccccc2)ccc1-c1ccccn1.[c-]1ccccc1-c1ccc(-c2ccccc2)cn1.[c-]1ccccc1-c1ccccn1.[c-]1ccccc1-c1ccccn1. The number of hydrogen-bond donors (Lipinski definition) is 0. The molecule has 0 aliphatic rings. The topological polar surface area (TPSA) is 103 Å². The fourth-order valence-electron chi connectivity index (χ4n) is 12.6. The molecule has 636 valence electrons. The molecule has 0 saturated carbocycles. The van der Waals surface area contributed by atoms with E-state index in [9.17, 15) is 0 Å². The van der Waals surface area contributed by atoms with Gasteiger partial charge in [-0.15, -0.1) is 269 Å². The minimum atomic E-state index is 0. The Morgan fingerprint density at radius 2 is 0.430 bits per heavy atom. The third-order valence-electron chi connectivity index (χ3n) is 19.0. The molecule has 0 saturated heterocycles. The fourth-order valence-corrected chi connectivity index (χ4v) is 12.6. The maximum Gasteiger partial charge on any atom is 0.0266 e. The summed E-state index contributed by atoms with van der Waals surface area (Å²) in [6, 6.07) is 167. The van der Waals surface area contributed by atoms with Gasteiger partial charge in [-0.2, -0.15) is 0 Å². The van der Waals surface area contributed by atoms with Gasteiger partial charge in [0.2, 0.25) is 0 Å². The van der Waals surface area contributed by atoms with E-state index >= 15 is 0 Å². The van der Waals surface area contributed by atoms with Crippen LogP contribution in [0.15, 0.2) is 462 Å². The van der Waals surface area contributed by atoms with Gasteiger partial charge in [-0.3, -0.25) is 0 Å². The Hall–Kier alpha value is -13.6. The number of hydrogen-bond acceptors (Lipinski definition) is 8. The van der Waals surface area contributed by atoms with Crippen LogP contribution in [-0.2, 0) is 80.4 Å². The van der Waals surface area contributed by atoms with E-state index in [1.807, 2.05) is 354 Å². The Balaban J connectivity index is 0.000000165. The van der Waals surface area contributed by atoms with Crippen LogP contribution in [0.25, 0.3) is 135 Å². The predicted octanol–water partition coefficient (Wildman–Crippen LogP) is 28.3. The van der Waals surface area contributed by atoms with E-state index in [2.05, 4.69) is 205 Å². The number of rotatable bonds is 12. The third-order valence-corrected chi connectivity index (χ3v) is 19.0. The summed E-state index contributed by atoms with van der Waals surface area (Å²) < 4.78 is 0. The van der Waals surface area contributed by atoms with Crippen molar-refractivity contribution in [2.75, 3.05) is 0 Å². The van der Waals surface area contributed by atoms with Crippen molar-refractivity contribution in [3.63, 3.8) is 0 Å². The first kappa shape index (κ1) is 98.2. The standard InChI is InChI=1S/2C18H14N.2C17H12N.2C12H10N.2C11H8N.4Ir/c2*1-14-11-12-19-18(13-14)17-9-7-16(8-10-17)15-5-3-2-4-6-15;1-3-7-14(8-4-1)16-11-12-17(18-13-16)15-9-5-2-6-10-15;1-2-6-14(7-3-1)15-9-11-16(12-10-15)17-8-4-5-13-18-17;2*1-10-6-5-9-12(13-10)11-7-3-2-4-8-11;2*1-2-6-10(7-3-1)11-8-4-5-9-12-11;;;;/h2*2-9,11-13H,1H3;1-9,11-13H;1-11,13H;2*2-7,9H,1H3;2*1-6,8-9H;;;;/q8*-1;;;;. The van der Waals surface area contributed by atoms with Crippen molar-refractivity contribution in [3.05, 3.63) is 533 Å². The molecular weight excluding hydrogens is 2270 g/mol. The molecule has 0 bridgehead atoms.